The normalized spacial score (nSPS) is 21.0. The Morgan fingerprint density at radius 3 is 2.77 bits per heavy atom. The first-order valence-electron chi connectivity index (χ1n) is 8.40. The highest BCUT2D eigenvalue weighted by molar-refractivity contribution is 5.93. The number of piperidine rings is 1. The van der Waals surface area contributed by atoms with Gasteiger partial charge in [0.1, 0.15) is 0 Å². The van der Waals surface area contributed by atoms with E-state index >= 15 is 0 Å². The third-order valence-corrected chi connectivity index (χ3v) is 4.88. The number of likely N-dealkylation sites (tertiary alicyclic amines) is 1. The van der Waals surface area contributed by atoms with Crippen molar-refractivity contribution in [3.63, 3.8) is 0 Å². The molecule has 5 nitrogen and oxygen atoms in total. The molecule has 26 heavy (non-hydrogen) atoms. The number of carbonyl (C=O) groups excluding carboxylic acids is 1. The van der Waals surface area contributed by atoms with E-state index in [0.29, 0.717) is 5.76 Å². The minimum atomic E-state index is -4.30. The fourth-order valence-electron chi connectivity index (χ4n) is 3.40. The summed E-state index contributed by atoms with van der Waals surface area (Å²) in [5, 5.41) is 3.81. The van der Waals surface area contributed by atoms with Crippen molar-refractivity contribution in [3.05, 3.63) is 41.6 Å². The van der Waals surface area contributed by atoms with Crippen molar-refractivity contribution in [2.24, 2.45) is 17.6 Å². The summed E-state index contributed by atoms with van der Waals surface area (Å²) >= 11 is 0. The van der Waals surface area contributed by atoms with Crippen LogP contribution in [0.3, 0.4) is 0 Å². The zero-order valence-corrected chi connectivity index (χ0v) is 14.3. The molecule has 2 unspecified atom stereocenters. The maximum absolute atomic E-state index is 13.1. The number of nitrogens with two attached hydrogens (primary N) is 1. The van der Waals surface area contributed by atoms with Crippen molar-refractivity contribution in [2.45, 2.75) is 19.5 Å². The maximum atomic E-state index is 13.1. The molecule has 1 aliphatic heterocycles. The standard InChI is InChI=1S/C18H20F3N3O2/c1-11-4-2-3-5-13(11)16-8-15(23-26-16)17(25)24-7-6-14(18(19,20)21)12(9-22)10-24/h2-5,8,12,14H,6-7,9-10,22H2,1H3. The van der Waals surface area contributed by atoms with Crippen LogP contribution < -0.4 is 5.73 Å². The van der Waals surface area contributed by atoms with Gasteiger partial charge in [-0.15, -0.1) is 0 Å². The van der Waals surface area contributed by atoms with E-state index in [1.54, 1.807) is 0 Å². The van der Waals surface area contributed by atoms with Crippen LogP contribution in [0.25, 0.3) is 11.3 Å². The number of carbonyl (C=O) groups is 1. The molecule has 1 aromatic carbocycles. The van der Waals surface area contributed by atoms with Crippen LogP contribution in [0, 0.1) is 18.8 Å². The monoisotopic (exact) mass is 367 g/mol. The van der Waals surface area contributed by atoms with E-state index in [1.165, 1.54) is 11.0 Å². The van der Waals surface area contributed by atoms with E-state index in [0.717, 1.165) is 11.1 Å². The van der Waals surface area contributed by atoms with Crippen LogP contribution in [0.1, 0.15) is 22.5 Å². The molecule has 1 aliphatic rings. The second-order valence-electron chi connectivity index (χ2n) is 6.58. The fraction of sp³-hybridized carbons (Fsp3) is 0.444. The maximum Gasteiger partial charge on any atom is 0.392 e. The lowest BCUT2D eigenvalue weighted by Gasteiger charge is -2.38. The van der Waals surface area contributed by atoms with Gasteiger partial charge >= 0.3 is 6.18 Å². The molecular weight excluding hydrogens is 347 g/mol. The SMILES string of the molecule is Cc1ccccc1-c1cc(C(=O)N2CCC(C(F)(F)F)C(CN)C2)no1. The third kappa shape index (κ3) is 3.60. The lowest BCUT2D eigenvalue weighted by atomic mass is 9.85. The van der Waals surface area contributed by atoms with E-state index in [2.05, 4.69) is 5.16 Å². The molecule has 2 atom stereocenters. The summed E-state index contributed by atoms with van der Waals surface area (Å²) in [7, 11) is 0. The van der Waals surface area contributed by atoms with Crippen molar-refractivity contribution in [3.8, 4) is 11.3 Å². The molecule has 3 rings (SSSR count). The van der Waals surface area contributed by atoms with Gasteiger partial charge in [-0.1, -0.05) is 29.4 Å². The van der Waals surface area contributed by atoms with Crippen molar-refractivity contribution in [2.75, 3.05) is 19.6 Å². The number of nitrogens with zero attached hydrogens (tertiary/aromatic N) is 2. The molecule has 0 saturated carbocycles. The van der Waals surface area contributed by atoms with Gasteiger partial charge in [0, 0.05) is 30.6 Å². The van der Waals surface area contributed by atoms with Crippen molar-refractivity contribution in [1.29, 1.82) is 0 Å². The molecule has 0 aliphatic carbocycles. The molecule has 1 amide bonds. The molecule has 2 N–H and O–H groups in total. The minimum absolute atomic E-state index is 0.0199. The van der Waals surface area contributed by atoms with Crippen molar-refractivity contribution in [1.82, 2.24) is 10.1 Å². The molecule has 2 aromatic rings. The predicted molar refractivity (Wildman–Crippen MR) is 89.3 cm³/mol. The topological polar surface area (TPSA) is 72.4 Å². The van der Waals surface area contributed by atoms with E-state index in [-0.39, 0.29) is 31.7 Å². The quantitative estimate of drug-likeness (QED) is 0.904. The van der Waals surface area contributed by atoms with Gasteiger partial charge in [-0.05, 0) is 25.5 Å². The van der Waals surface area contributed by atoms with Crippen LogP contribution in [0.15, 0.2) is 34.9 Å². The number of halogens is 3. The Balaban J connectivity index is 1.76. The van der Waals surface area contributed by atoms with Gasteiger partial charge in [0.15, 0.2) is 11.5 Å². The highest BCUT2D eigenvalue weighted by Gasteiger charge is 2.47. The Labute approximate surface area is 148 Å². The summed E-state index contributed by atoms with van der Waals surface area (Å²) in [6, 6.07) is 9.02. The van der Waals surface area contributed by atoms with Gasteiger partial charge in [-0.2, -0.15) is 13.2 Å². The predicted octanol–water partition coefficient (Wildman–Crippen LogP) is 3.25. The molecule has 1 fully saturated rings. The number of rotatable bonds is 3. The number of aryl methyl sites for hydroxylation is 1. The van der Waals surface area contributed by atoms with Gasteiger partial charge in [0.25, 0.3) is 5.91 Å². The van der Waals surface area contributed by atoms with Gasteiger partial charge in [-0.3, -0.25) is 4.79 Å². The first-order valence-corrected chi connectivity index (χ1v) is 8.40. The highest BCUT2D eigenvalue weighted by Crippen LogP contribution is 2.37. The first-order chi connectivity index (χ1) is 12.3. The van der Waals surface area contributed by atoms with E-state index < -0.39 is 23.9 Å². The Kier molecular flexibility index (Phi) is 5.04. The number of alkyl halides is 3. The molecule has 140 valence electrons. The molecule has 1 saturated heterocycles. The largest absolute Gasteiger partial charge is 0.392 e. The van der Waals surface area contributed by atoms with Gasteiger partial charge < -0.3 is 15.2 Å². The van der Waals surface area contributed by atoms with Crippen LogP contribution in [0.4, 0.5) is 13.2 Å². The van der Waals surface area contributed by atoms with Gasteiger partial charge in [0.2, 0.25) is 0 Å². The first kappa shape index (κ1) is 18.4. The number of hydrogen-bond donors (Lipinski definition) is 1. The Bertz CT molecular complexity index is 788. The number of amides is 1. The zero-order chi connectivity index (χ0) is 18.9. The van der Waals surface area contributed by atoms with Crippen molar-refractivity contribution < 1.29 is 22.5 Å². The van der Waals surface area contributed by atoms with Crippen LogP contribution in [-0.2, 0) is 0 Å². The van der Waals surface area contributed by atoms with E-state index in [4.69, 9.17) is 10.3 Å². The summed E-state index contributed by atoms with van der Waals surface area (Å²) in [6.45, 7) is 1.77. The summed E-state index contributed by atoms with van der Waals surface area (Å²) in [5.74, 6) is -2.27. The molecule has 0 bridgehead atoms. The lowest BCUT2D eigenvalue weighted by Crippen LogP contribution is -2.50. The second-order valence-corrected chi connectivity index (χ2v) is 6.58. The Morgan fingerprint density at radius 1 is 1.38 bits per heavy atom. The van der Waals surface area contributed by atoms with Gasteiger partial charge in [-0.25, -0.2) is 0 Å². The molecular formula is C18H20F3N3O2. The summed E-state index contributed by atoms with van der Waals surface area (Å²) in [5.41, 5.74) is 7.39. The summed E-state index contributed by atoms with van der Waals surface area (Å²) in [6.07, 6.45) is -4.45. The van der Waals surface area contributed by atoms with Crippen LogP contribution in [-0.4, -0.2) is 41.8 Å². The van der Waals surface area contributed by atoms with Crippen LogP contribution in [0.5, 0.6) is 0 Å². The molecule has 0 spiro atoms. The van der Waals surface area contributed by atoms with Crippen LogP contribution >= 0.6 is 0 Å². The average molecular weight is 367 g/mol. The zero-order valence-electron chi connectivity index (χ0n) is 14.3. The van der Waals surface area contributed by atoms with E-state index in [1.807, 2.05) is 31.2 Å². The summed E-state index contributed by atoms with van der Waals surface area (Å²) in [4.78, 5) is 14.0. The lowest BCUT2D eigenvalue weighted by molar-refractivity contribution is -0.197. The Morgan fingerprint density at radius 2 is 2.12 bits per heavy atom. The highest BCUT2D eigenvalue weighted by atomic mass is 19.4. The van der Waals surface area contributed by atoms with E-state index in [9.17, 15) is 18.0 Å². The number of aromatic nitrogens is 1. The third-order valence-electron chi connectivity index (χ3n) is 4.88. The fourth-order valence-corrected chi connectivity index (χ4v) is 3.40. The second kappa shape index (κ2) is 7.11. The molecule has 1 aromatic heterocycles. The Hall–Kier alpha value is -2.35. The average Bonchev–Trinajstić information content (AvgIpc) is 3.10. The molecule has 2 heterocycles. The smallest absolute Gasteiger partial charge is 0.355 e. The molecule has 8 heteroatoms. The van der Waals surface area contributed by atoms with Crippen molar-refractivity contribution >= 4 is 5.91 Å². The number of benzene rings is 1. The van der Waals surface area contributed by atoms with Gasteiger partial charge in [0.05, 0.1) is 5.92 Å². The molecule has 0 radical (unpaired) electrons. The summed E-state index contributed by atoms with van der Waals surface area (Å²) < 4.78 is 44.5. The minimum Gasteiger partial charge on any atom is -0.355 e. The van der Waals surface area contributed by atoms with Crippen LogP contribution in [0.2, 0.25) is 0 Å². The number of hydrogen-bond acceptors (Lipinski definition) is 4.